The van der Waals surface area contributed by atoms with Gasteiger partial charge in [0.05, 0.1) is 43.8 Å². The summed E-state index contributed by atoms with van der Waals surface area (Å²) >= 11 is 0. The maximum Gasteiger partial charge on any atom is 0.332 e. The van der Waals surface area contributed by atoms with Gasteiger partial charge in [-0.05, 0) is 85.4 Å². The molecule has 6 rings (SSSR count). The van der Waals surface area contributed by atoms with E-state index in [9.17, 15) is 28.7 Å². The van der Waals surface area contributed by atoms with E-state index in [0.29, 0.717) is 12.3 Å². The number of esters is 1. The maximum absolute atomic E-state index is 14.5. The third-order valence-electron chi connectivity index (χ3n) is 11.4. The minimum Gasteiger partial charge on any atom is -0.496 e. The zero-order valence-corrected chi connectivity index (χ0v) is 29.2. The van der Waals surface area contributed by atoms with Crippen LogP contribution < -0.4 is 9.47 Å². The molecule has 1 amide bonds. The van der Waals surface area contributed by atoms with E-state index in [4.69, 9.17) is 14.2 Å². The number of Topliss-reactive ketones (excluding diaryl/α,β-unsaturated/α-hetero) is 1. The normalized spacial score (nSPS) is 30.5. The molecule has 1 aromatic carbocycles. The van der Waals surface area contributed by atoms with Crippen molar-refractivity contribution in [1.82, 2.24) is 9.88 Å². The molecule has 1 saturated heterocycles. The van der Waals surface area contributed by atoms with Gasteiger partial charge in [-0.25, -0.2) is 4.98 Å². The van der Waals surface area contributed by atoms with Crippen molar-refractivity contribution in [1.29, 1.82) is 0 Å². The molecule has 262 valence electrons. The molecule has 2 unspecified atom stereocenters. The molecule has 4 aliphatic rings. The smallest absolute Gasteiger partial charge is 0.332 e. The Hall–Kier alpha value is -3.01. The number of fused-ring (bicyclic) bond motifs is 3. The molecule has 0 spiro atoms. The molecule has 2 saturated carbocycles. The predicted molar refractivity (Wildman–Crippen MR) is 179 cm³/mol. The summed E-state index contributed by atoms with van der Waals surface area (Å²) in [6, 6.07) is 4.95. The second kappa shape index (κ2) is 14.1. The molecule has 11 nitrogen and oxygen atoms in total. The van der Waals surface area contributed by atoms with Crippen molar-refractivity contribution in [2.75, 3.05) is 20.3 Å². The van der Waals surface area contributed by atoms with Crippen LogP contribution in [0.3, 0.4) is 0 Å². The Kier molecular flexibility index (Phi) is 10.2. The van der Waals surface area contributed by atoms with Gasteiger partial charge in [0, 0.05) is 24.4 Å². The van der Waals surface area contributed by atoms with Gasteiger partial charge in [0.2, 0.25) is 11.8 Å². The van der Waals surface area contributed by atoms with Crippen LogP contribution in [-0.2, 0) is 30.1 Å². The first-order chi connectivity index (χ1) is 22.9. The highest BCUT2D eigenvalue weighted by Gasteiger charge is 2.66. The van der Waals surface area contributed by atoms with E-state index in [-0.39, 0.29) is 68.3 Å². The Bertz CT molecular complexity index is 1590. The highest BCUT2D eigenvalue weighted by atomic mass is 31.2. The van der Waals surface area contributed by atoms with E-state index in [2.05, 4.69) is 4.98 Å². The van der Waals surface area contributed by atoms with Crippen molar-refractivity contribution in [2.24, 2.45) is 23.7 Å². The number of ketones is 1. The van der Waals surface area contributed by atoms with E-state index >= 15 is 0 Å². The van der Waals surface area contributed by atoms with Gasteiger partial charge in [0.15, 0.2) is 5.78 Å². The van der Waals surface area contributed by atoms with Gasteiger partial charge in [-0.3, -0.25) is 18.9 Å². The number of aromatic nitrogens is 1. The van der Waals surface area contributed by atoms with Crippen LogP contribution in [0, 0.1) is 23.7 Å². The second-order valence-corrected chi connectivity index (χ2v) is 16.6. The molecule has 3 fully saturated rings. The van der Waals surface area contributed by atoms with E-state index in [1.807, 2.05) is 32.0 Å². The number of nitrogens with zero attached hydrogens (tertiary/aromatic N) is 2. The number of benzene rings is 1. The van der Waals surface area contributed by atoms with Gasteiger partial charge in [-0.1, -0.05) is 33.1 Å². The summed E-state index contributed by atoms with van der Waals surface area (Å²) in [6.07, 6.45) is 7.72. The topological polar surface area (TPSA) is 153 Å². The lowest BCUT2D eigenvalue weighted by atomic mass is 9.86. The lowest BCUT2D eigenvalue weighted by Crippen LogP contribution is -2.46. The number of ether oxygens (including phenoxy) is 3. The van der Waals surface area contributed by atoms with Gasteiger partial charge in [-0.15, -0.1) is 0 Å². The molecule has 1 aromatic heterocycles. The SMILES string of the molecule is CCC1CC1(CC(=O)[C@@H]1C[C@@H]2CN1C(=O)[C@H](C1CCCC1)CC(=O)OC[C@@H](C)CCCc1cc3c(nccc3cc1OC)O2)P(=O)(O)O. The molecule has 48 heavy (non-hydrogen) atoms. The monoisotopic (exact) mass is 684 g/mol. The zero-order valence-electron chi connectivity index (χ0n) is 28.3. The lowest BCUT2D eigenvalue weighted by molar-refractivity contribution is -0.152. The van der Waals surface area contributed by atoms with E-state index in [1.54, 1.807) is 13.3 Å². The summed E-state index contributed by atoms with van der Waals surface area (Å²) in [4.78, 5) is 68.6. The number of rotatable bonds is 7. The van der Waals surface area contributed by atoms with Gasteiger partial charge in [0.25, 0.3) is 0 Å². The number of hydrogen-bond donors (Lipinski definition) is 2. The molecule has 2 aromatic rings. The van der Waals surface area contributed by atoms with Crippen LogP contribution in [0.15, 0.2) is 24.4 Å². The number of pyridine rings is 1. The summed E-state index contributed by atoms with van der Waals surface area (Å²) < 4.78 is 30.6. The van der Waals surface area contributed by atoms with Gasteiger partial charge >= 0.3 is 13.6 Å². The van der Waals surface area contributed by atoms with Crippen molar-refractivity contribution in [3.05, 3.63) is 30.0 Å². The molecule has 2 N–H and O–H groups in total. The van der Waals surface area contributed by atoms with Crippen LogP contribution in [0.1, 0.15) is 90.0 Å². The first-order valence-corrected chi connectivity index (χ1v) is 19.2. The summed E-state index contributed by atoms with van der Waals surface area (Å²) in [5, 5.41) is 0.298. The molecular weight excluding hydrogens is 635 g/mol. The number of methoxy groups -OCH3 is 1. The van der Waals surface area contributed by atoms with Crippen molar-refractivity contribution < 1.29 is 42.9 Å². The van der Waals surface area contributed by atoms with Crippen LogP contribution >= 0.6 is 7.60 Å². The Morgan fingerprint density at radius 1 is 1.17 bits per heavy atom. The van der Waals surface area contributed by atoms with Crippen molar-refractivity contribution in [3.63, 3.8) is 0 Å². The largest absolute Gasteiger partial charge is 0.496 e. The molecule has 12 heteroatoms. The Morgan fingerprint density at radius 3 is 2.62 bits per heavy atom. The third-order valence-corrected chi connectivity index (χ3v) is 13.3. The molecule has 2 aliphatic carbocycles. The average molecular weight is 685 g/mol. The number of hydrogen-bond acceptors (Lipinski definition) is 8. The van der Waals surface area contributed by atoms with E-state index in [0.717, 1.165) is 67.0 Å². The summed E-state index contributed by atoms with van der Waals surface area (Å²) in [7, 11) is -2.94. The Morgan fingerprint density at radius 2 is 1.94 bits per heavy atom. The van der Waals surface area contributed by atoms with Crippen LogP contribution in [0.2, 0.25) is 0 Å². The molecule has 3 heterocycles. The molecular formula is C36H49N2O9P. The summed E-state index contributed by atoms with van der Waals surface area (Å²) in [5.74, 6) is -0.707. The number of carbonyl (C=O) groups excluding carboxylic acids is 3. The molecule has 0 radical (unpaired) electrons. The standard InChI is InChI=1S/C36H49N2O9P/c1-4-26-18-36(26,48(42,43)44)19-31(39)30-16-27-20-38(30)35(41)29(23-9-5-6-10-23)17-33(40)46-21-22(2)8-7-11-25-14-28-24(15-32(25)45-3)12-13-37-34(28)47-27/h12-15,22-23,26-27,29-30H,4-11,16-21H2,1-3H3,(H2,42,43,44)/t22-,26?,27+,29-,30-,36?/m0/s1. The third kappa shape index (κ3) is 7.01. The summed E-state index contributed by atoms with van der Waals surface area (Å²) in [6.45, 7) is 4.28. The molecule has 6 atom stereocenters. The van der Waals surface area contributed by atoms with Gasteiger partial charge in [0.1, 0.15) is 11.9 Å². The minimum absolute atomic E-state index is 0.00808. The number of aryl methyl sites for hydroxylation is 1. The van der Waals surface area contributed by atoms with E-state index in [1.165, 1.54) is 4.90 Å². The highest BCUT2D eigenvalue weighted by molar-refractivity contribution is 7.54. The van der Waals surface area contributed by atoms with Crippen LogP contribution in [0.25, 0.3) is 10.8 Å². The van der Waals surface area contributed by atoms with Crippen LogP contribution in [-0.4, -0.2) is 74.9 Å². The Balaban J connectivity index is 1.37. The second-order valence-electron chi connectivity index (χ2n) is 14.6. The first kappa shape index (κ1) is 34.8. The minimum atomic E-state index is -4.58. The fourth-order valence-electron chi connectivity index (χ4n) is 8.50. The van der Waals surface area contributed by atoms with Gasteiger partial charge in [-0.2, -0.15) is 0 Å². The van der Waals surface area contributed by atoms with Crippen molar-refractivity contribution in [3.8, 4) is 11.6 Å². The first-order valence-electron chi connectivity index (χ1n) is 17.6. The van der Waals surface area contributed by atoms with E-state index < -0.39 is 36.8 Å². The van der Waals surface area contributed by atoms with Crippen LogP contribution in [0.5, 0.6) is 11.6 Å². The average Bonchev–Trinajstić information content (AvgIpc) is 3.35. The zero-order chi connectivity index (χ0) is 34.2. The number of cyclic esters (lactones) is 1. The highest BCUT2D eigenvalue weighted by Crippen LogP contribution is 2.71. The maximum atomic E-state index is 14.5. The predicted octanol–water partition coefficient (Wildman–Crippen LogP) is 5.61. The number of amides is 1. The summed E-state index contributed by atoms with van der Waals surface area (Å²) in [5.41, 5.74) is 1.00. The molecule has 2 aliphatic heterocycles. The number of carbonyl (C=O) groups is 3. The lowest BCUT2D eigenvalue weighted by Gasteiger charge is -2.31. The van der Waals surface area contributed by atoms with Crippen LogP contribution in [0.4, 0.5) is 0 Å². The molecule has 4 bridgehead atoms. The Labute approximate surface area is 282 Å². The van der Waals surface area contributed by atoms with Gasteiger partial charge < -0.3 is 28.9 Å². The van der Waals surface area contributed by atoms with Crippen molar-refractivity contribution >= 4 is 36.0 Å². The fraction of sp³-hybridized carbons (Fsp3) is 0.667. The quantitative estimate of drug-likeness (QED) is 0.278. The fourth-order valence-corrected chi connectivity index (χ4v) is 9.98. The van der Waals surface area contributed by atoms with Crippen molar-refractivity contribution in [2.45, 2.75) is 108 Å².